The van der Waals surface area contributed by atoms with Crippen molar-refractivity contribution in [2.24, 2.45) is 0 Å². The third kappa shape index (κ3) is 2.69. The molecule has 0 unspecified atom stereocenters. The molecule has 0 N–H and O–H groups in total. The highest BCUT2D eigenvalue weighted by Gasteiger charge is 2.39. The van der Waals surface area contributed by atoms with Crippen LogP contribution in [-0.2, 0) is 5.54 Å². The van der Waals surface area contributed by atoms with E-state index in [9.17, 15) is 0 Å². The molecule has 2 nitrogen and oxygen atoms in total. The lowest BCUT2D eigenvalue weighted by atomic mass is 9.77. The van der Waals surface area contributed by atoms with Gasteiger partial charge in [0.2, 0.25) is 0 Å². The fourth-order valence-electron chi connectivity index (χ4n) is 3.55. The van der Waals surface area contributed by atoms with Gasteiger partial charge >= 0.3 is 0 Å². The van der Waals surface area contributed by atoms with Crippen LogP contribution in [-0.4, -0.2) is 9.78 Å². The van der Waals surface area contributed by atoms with Gasteiger partial charge in [-0.3, -0.25) is 4.68 Å². The first-order valence-corrected chi connectivity index (χ1v) is 9.41. The normalized spacial score (nSPS) is 11.5. The molecule has 3 heteroatoms. The highest BCUT2D eigenvalue weighted by atomic mass is 79.9. The minimum absolute atomic E-state index is 0.541. The number of nitrogens with zero attached hydrogens (tertiary/aromatic N) is 2. The molecular formula is C23H19BrN2. The van der Waals surface area contributed by atoms with E-state index in [1.165, 1.54) is 16.7 Å². The SMILES string of the molecule is Cc1nn(C(c2ccccc2)(c2ccccc2)c2ccccc2)cc1Br. The summed E-state index contributed by atoms with van der Waals surface area (Å²) in [7, 11) is 0. The summed E-state index contributed by atoms with van der Waals surface area (Å²) in [6, 6.07) is 31.7. The third-order valence-corrected chi connectivity index (χ3v) is 5.54. The van der Waals surface area contributed by atoms with Gasteiger partial charge in [-0.15, -0.1) is 0 Å². The van der Waals surface area contributed by atoms with Crippen LogP contribution in [0.2, 0.25) is 0 Å². The second kappa shape index (κ2) is 6.93. The van der Waals surface area contributed by atoms with Crippen molar-refractivity contribution in [3.8, 4) is 0 Å². The van der Waals surface area contributed by atoms with Crippen molar-refractivity contribution in [1.82, 2.24) is 9.78 Å². The Bertz CT molecular complexity index is 876. The number of hydrogen-bond donors (Lipinski definition) is 0. The van der Waals surface area contributed by atoms with Gasteiger partial charge in [-0.05, 0) is 39.5 Å². The molecule has 1 aromatic heterocycles. The molecule has 0 aliphatic heterocycles. The molecule has 4 rings (SSSR count). The maximum absolute atomic E-state index is 4.88. The highest BCUT2D eigenvalue weighted by Crippen LogP contribution is 2.41. The van der Waals surface area contributed by atoms with Crippen molar-refractivity contribution in [1.29, 1.82) is 0 Å². The number of aryl methyl sites for hydroxylation is 1. The molecule has 0 aliphatic carbocycles. The van der Waals surface area contributed by atoms with Crippen LogP contribution in [0.15, 0.2) is 102 Å². The predicted molar refractivity (Wildman–Crippen MR) is 109 cm³/mol. The number of benzene rings is 3. The molecule has 128 valence electrons. The van der Waals surface area contributed by atoms with E-state index in [2.05, 4.69) is 118 Å². The third-order valence-electron chi connectivity index (χ3n) is 4.76. The molecule has 0 fully saturated rings. The van der Waals surface area contributed by atoms with Gasteiger partial charge in [0.25, 0.3) is 0 Å². The van der Waals surface area contributed by atoms with Crippen molar-refractivity contribution in [2.75, 3.05) is 0 Å². The molecule has 3 aromatic carbocycles. The van der Waals surface area contributed by atoms with E-state index >= 15 is 0 Å². The van der Waals surface area contributed by atoms with Crippen LogP contribution in [0.3, 0.4) is 0 Å². The topological polar surface area (TPSA) is 17.8 Å². The summed E-state index contributed by atoms with van der Waals surface area (Å²) in [6.45, 7) is 2.02. The molecule has 0 radical (unpaired) electrons. The van der Waals surface area contributed by atoms with Crippen molar-refractivity contribution in [3.05, 3.63) is 124 Å². The van der Waals surface area contributed by atoms with Crippen LogP contribution in [0.5, 0.6) is 0 Å². The molecule has 0 spiro atoms. The van der Waals surface area contributed by atoms with Crippen LogP contribution in [0, 0.1) is 6.92 Å². The number of rotatable bonds is 4. The van der Waals surface area contributed by atoms with Crippen molar-refractivity contribution in [2.45, 2.75) is 12.5 Å². The Labute approximate surface area is 162 Å². The van der Waals surface area contributed by atoms with E-state index in [4.69, 9.17) is 5.10 Å². The van der Waals surface area contributed by atoms with Crippen molar-refractivity contribution >= 4 is 15.9 Å². The Morgan fingerprint density at radius 2 is 1.08 bits per heavy atom. The molecule has 0 aliphatic rings. The van der Waals surface area contributed by atoms with Crippen molar-refractivity contribution in [3.63, 3.8) is 0 Å². The zero-order valence-corrected chi connectivity index (χ0v) is 16.1. The van der Waals surface area contributed by atoms with Crippen LogP contribution in [0.4, 0.5) is 0 Å². The van der Waals surface area contributed by atoms with E-state index in [0.29, 0.717) is 0 Å². The largest absolute Gasteiger partial charge is 0.252 e. The van der Waals surface area contributed by atoms with Gasteiger partial charge in [0, 0.05) is 6.20 Å². The first-order chi connectivity index (χ1) is 12.7. The van der Waals surface area contributed by atoms with E-state index in [0.717, 1.165) is 10.2 Å². The van der Waals surface area contributed by atoms with Crippen LogP contribution >= 0.6 is 15.9 Å². The molecule has 4 aromatic rings. The van der Waals surface area contributed by atoms with E-state index in [1.54, 1.807) is 0 Å². The molecule has 0 amide bonds. The van der Waals surface area contributed by atoms with E-state index in [1.807, 2.05) is 6.92 Å². The van der Waals surface area contributed by atoms with E-state index < -0.39 is 5.54 Å². The molecule has 0 atom stereocenters. The summed E-state index contributed by atoms with van der Waals surface area (Å²) in [5.41, 5.74) is 3.95. The average molecular weight is 403 g/mol. The second-order valence-electron chi connectivity index (χ2n) is 6.32. The Morgan fingerprint density at radius 1 is 0.692 bits per heavy atom. The maximum atomic E-state index is 4.88. The van der Waals surface area contributed by atoms with Crippen LogP contribution in [0.1, 0.15) is 22.4 Å². The minimum atomic E-state index is -0.541. The zero-order valence-electron chi connectivity index (χ0n) is 14.5. The predicted octanol–water partition coefficient (Wildman–Crippen LogP) is 5.79. The number of aromatic nitrogens is 2. The van der Waals surface area contributed by atoms with Gasteiger partial charge in [-0.1, -0.05) is 91.0 Å². The maximum Gasteiger partial charge on any atom is 0.138 e. The van der Waals surface area contributed by atoms with Gasteiger partial charge in [0.15, 0.2) is 0 Å². The first-order valence-electron chi connectivity index (χ1n) is 8.62. The number of hydrogen-bond acceptors (Lipinski definition) is 1. The molecule has 26 heavy (non-hydrogen) atoms. The zero-order chi connectivity index (χ0) is 18.0. The highest BCUT2D eigenvalue weighted by molar-refractivity contribution is 9.10. The average Bonchev–Trinajstić information content (AvgIpc) is 3.04. The summed E-state index contributed by atoms with van der Waals surface area (Å²) < 4.78 is 3.08. The van der Waals surface area contributed by atoms with Gasteiger partial charge < -0.3 is 0 Å². The fraction of sp³-hybridized carbons (Fsp3) is 0.0870. The Hall–Kier alpha value is -2.65. The van der Waals surface area contributed by atoms with Gasteiger partial charge in [0.1, 0.15) is 5.54 Å². The Kier molecular flexibility index (Phi) is 4.48. The second-order valence-corrected chi connectivity index (χ2v) is 7.17. The van der Waals surface area contributed by atoms with Gasteiger partial charge in [0.05, 0.1) is 10.2 Å². The Balaban J connectivity index is 2.14. The monoisotopic (exact) mass is 402 g/mol. The summed E-state index contributed by atoms with van der Waals surface area (Å²) in [6.07, 6.45) is 2.07. The lowest BCUT2D eigenvalue weighted by Crippen LogP contribution is -2.38. The summed E-state index contributed by atoms with van der Waals surface area (Å²) >= 11 is 3.64. The smallest absolute Gasteiger partial charge is 0.138 e. The minimum Gasteiger partial charge on any atom is -0.252 e. The molecule has 1 heterocycles. The molecule has 0 saturated heterocycles. The molecular weight excluding hydrogens is 384 g/mol. The molecule has 0 saturated carbocycles. The van der Waals surface area contributed by atoms with Crippen LogP contribution < -0.4 is 0 Å². The standard InChI is InChI=1S/C23H19BrN2/c1-18-22(24)17-26(25-18)23(19-11-5-2-6-12-19,20-13-7-3-8-14-20)21-15-9-4-10-16-21/h2-17H,1H3. The summed E-state index contributed by atoms with van der Waals surface area (Å²) in [5.74, 6) is 0. The molecule has 0 bridgehead atoms. The van der Waals surface area contributed by atoms with Gasteiger partial charge in [-0.2, -0.15) is 5.10 Å². The summed E-state index contributed by atoms with van der Waals surface area (Å²) in [5, 5.41) is 4.88. The van der Waals surface area contributed by atoms with Crippen LogP contribution in [0.25, 0.3) is 0 Å². The lowest BCUT2D eigenvalue weighted by Gasteiger charge is -2.36. The number of halogens is 1. The quantitative estimate of drug-likeness (QED) is 0.394. The van der Waals surface area contributed by atoms with Gasteiger partial charge in [-0.25, -0.2) is 0 Å². The summed E-state index contributed by atoms with van der Waals surface area (Å²) in [4.78, 5) is 0. The van der Waals surface area contributed by atoms with Crippen molar-refractivity contribution < 1.29 is 0 Å². The first kappa shape index (κ1) is 16.8. The fourth-order valence-corrected chi connectivity index (χ4v) is 3.82. The van der Waals surface area contributed by atoms with E-state index in [-0.39, 0.29) is 0 Å². The Morgan fingerprint density at radius 3 is 1.38 bits per heavy atom. The lowest BCUT2D eigenvalue weighted by molar-refractivity contribution is 0.457.